The maximum absolute atomic E-state index is 12.9. The van der Waals surface area contributed by atoms with Crippen molar-refractivity contribution in [2.45, 2.75) is 44.2 Å². The smallest absolute Gasteiger partial charge is 0.260 e. The first-order chi connectivity index (χ1) is 16.7. The average molecular weight is 466 g/mol. The van der Waals surface area contributed by atoms with Gasteiger partial charge in [-0.25, -0.2) is 0 Å². The molecule has 7 nitrogen and oxygen atoms in total. The predicted molar refractivity (Wildman–Crippen MR) is 131 cm³/mol. The quantitative estimate of drug-likeness (QED) is 0.520. The summed E-state index contributed by atoms with van der Waals surface area (Å²) in [6, 6.07) is 18.0. The topological polar surface area (TPSA) is 71.1 Å². The molecule has 0 aromatic heterocycles. The van der Waals surface area contributed by atoms with Crippen molar-refractivity contribution in [1.82, 2.24) is 15.1 Å². The molecule has 1 heterocycles. The number of hydrogen-bond acceptors (Lipinski definition) is 5. The molecule has 1 aliphatic heterocycles. The number of nitrogens with one attached hydrogen (secondary N) is 1. The van der Waals surface area contributed by atoms with Crippen molar-refractivity contribution in [3.8, 4) is 11.5 Å². The van der Waals surface area contributed by atoms with E-state index in [4.69, 9.17) is 9.47 Å². The Morgan fingerprint density at radius 1 is 1.03 bits per heavy atom. The fourth-order valence-electron chi connectivity index (χ4n) is 4.56. The van der Waals surface area contributed by atoms with E-state index in [1.165, 1.54) is 18.4 Å². The standard InChI is InChI=1S/C27H35N3O4/c1-33-24-11-5-6-12-25(24)34-20-27(32)30(22-13-14-22)18-15-26(31)28-19-23(29-16-7-8-17-29)21-9-3-2-4-10-21/h2-6,9-12,22-23H,7-8,13-20H2,1H3,(H,28,31). The molecule has 7 heteroatoms. The highest BCUT2D eigenvalue weighted by atomic mass is 16.5. The minimum atomic E-state index is -0.0968. The summed E-state index contributed by atoms with van der Waals surface area (Å²) in [4.78, 5) is 29.8. The Bertz CT molecular complexity index is 942. The van der Waals surface area contributed by atoms with E-state index in [9.17, 15) is 9.59 Å². The molecule has 2 aliphatic rings. The van der Waals surface area contributed by atoms with Crippen LogP contribution in [0.5, 0.6) is 11.5 Å². The number of nitrogens with zero attached hydrogens (tertiary/aromatic N) is 2. The average Bonchev–Trinajstić information content (AvgIpc) is 3.56. The van der Waals surface area contributed by atoms with Crippen molar-refractivity contribution in [3.63, 3.8) is 0 Å². The highest BCUT2D eigenvalue weighted by Crippen LogP contribution is 2.29. The first-order valence-electron chi connectivity index (χ1n) is 12.3. The van der Waals surface area contributed by atoms with Gasteiger partial charge in [0.15, 0.2) is 18.1 Å². The lowest BCUT2D eigenvalue weighted by Crippen LogP contribution is -2.41. The Kier molecular flexibility index (Phi) is 8.41. The largest absolute Gasteiger partial charge is 0.493 e. The van der Waals surface area contributed by atoms with E-state index in [0.717, 1.165) is 25.9 Å². The maximum Gasteiger partial charge on any atom is 0.260 e. The van der Waals surface area contributed by atoms with Crippen LogP contribution in [-0.2, 0) is 9.59 Å². The van der Waals surface area contributed by atoms with Crippen LogP contribution in [0.4, 0.5) is 0 Å². The van der Waals surface area contributed by atoms with Crippen LogP contribution in [0.15, 0.2) is 54.6 Å². The first kappa shape index (κ1) is 24.1. The molecule has 34 heavy (non-hydrogen) atoms. The van der Waals surface area contributed by atoms with Crippen molar-refractivity contribution in [2.75, 3.05) is 39.9 Å². The minimum absolute atomic E-state index is 0.0239. The van der Waals surface area contributed by atoms with Gasteiger partial charge >= 0.3 is 0 Å². The molecule has 2 amide bonds. The summed E-state index contributed by atoms with van der Waals surface area (Å²) in [5.41, 5.74) is 1.23. The van der Waals surface area contributed by atoms with Gasteiger partial charge < -0.3 is 19.7 Å². The summed E-state index contributed by atoms with van der Waals surface area (Å²) < 4.78 is 11.0. The van der Waals surface area contributed by atoms with E-state index in [2.05, 4.69) is 22.3 Å². The van der Waals surface area contributed by atoms with E-state index >= 15 is 0 Å². The summed E-state index contributed by atoms with van der Waals surface area (Å²) in [6.07, 6.45) is 4.65. The van der Waals surface area contributed by atoms with E-state index in [-0.39, 0.29) is 30.5 Å². The molecule has 2 aromatic carbocycles. The third-order valence-corrected chi connectivity index (χ3v) is 6.57. The number of para-hydroxylation sites is 2. The van der Waals surface area contributed by atoms with Gasteiger partial charge in [0.1, 0.15) is 0 Å². The van der Waals surface area contributed by atoms with Crippen LogP contribution in [0.1, 0.15) is 43.7 Å². The molecule has 2 aromatic rings. The van der Waals surface area contributed by atoms with Crippen molar-refractivity contribution in [1.29, 1.82) is 0 Å². The fraction of sp³-hybridized carbons (Fsp3) is 0.481. The highest BCUT2D eigenvalue weighted by molar-refractivity contribution is 5.80. The van der Waals surface area contributed by atoms with Crippen molar-refractivity contribution < 1.29 is 19.1 Å². The summed E-state index contributed by atoms with van der Waals surface area (Å²) >= 11 is 0. The lowest BCUT2D eigenvalue weighted by atomic mass is 10.1. The molecule has 0 bridgehead atoms. The van der Waals surface area contributed by atoms with Gasteiger partial charge in [-0.3, -0.25) is 14.5 Å². The minimum Gasteiger partial charge on any atom is -0.493 e. The predicted octanol–water partition coefficient (Wildman–Crippen LogP) is 3.41. The molecule has 4 rings (SSSR count). The van der Waals surface area contributed by atoms with Crippen LogP contribution in [-0.4, -0.2) is 67.6 Å². The van der Waals surface area contributed by atoms with Crippen LogP contribution >= 0.6 is 0 Å². The van der Waals surface area contributed by atoms with Crippen molar-refractivity contribution in [2.24, 2.45) is 0 Å². The lowest BCUT2D eigenvalue weighted by molar-refractivity contribution is -0.134. The molecule has 2 fully saturated rings. The SMILES string of the molecule is COc1ccccc1OCC(=O)N(CCC(=O)NCC(c1ccccc1)N1CCCC1)C1CC1. The molecular weight excluding hydrogens is 430 g/mol. The Balaban J connectivity index is 1.27. The maximum atomic E-state index is 12.9. The van der Waals surface area contributed by atoms with Crippen LogP contribution in [0.3, 0.4) is 0 Å². The molecule has 182 valence electrons. The van der Waals surface area contributed by atoms with Crippen LogP contribution in [0, 0.1) is 0 Å². The molecular formula is C27H35N3O4. The summed E-state index contributed by atoms with van der Waals surface area (Å²) in [6.45, 7) is 3.04. The first-order valence-corrected chi connectivity index (χ1v) is 12.3. The Labute approximate surface area is 202 Å². The van der Waals surface area contributed by atoms with Gasteiger partial charge in [-0.2, -0.15) is 0 Å². The summed E-state index contributed by atoms with van der Waals surface area (Å²) in [5, 5.41) is 3.12. The Morgan fingerprint density at radius 3 is 2.38 bits per heavy atom. The zero-order chi connectivity index (χ0) is 23.8. The summed E-state index contributed by atoms with van der Waals surface area (Å²) in [7, 11) is 1.57. The van der Waals surface area contributed by atoms with Gasteiger partial charge in [-0.05, 0) is 56.5 Å². The van der Waals surface area contributed by atoms with Gasteiger partial charge in [-0.1, -0.05) is 42.5 Å². The van der Waals surface area contributed by atoms with Crippen LogP contribution < -0.4 is 14.8 Å². The number of benzene rings is 2. The zero-order valence-electron chi connectivity index (χ0n) is 19.9. The second-order valence-electron chi connectivity index (χ2n) is 8.98. The normalized spacial score (nSPS) is 16.6. The fourth-order valence-corrected chi connectivity index (χ4v) is 4.56. The van der Waals surface area contributed by atoms with Gasteiger partial charge in [0.25, 0.3) is 5.91 Å². The van der Waals surface area contributed by atoms with E-state index < -0.39 is 0 Å². The van der Waals surface area contributed by atoms with Crippen LogP contribution in [0.2, 0.25) is 0 Å². The van der Waals surface area contributed by atoms with Gasteiger partial charge in [0.2, 0.25) is 5.91 Å². The van der Waals surface area contributed by atoms with Crippen molar-refractivity contribution >= 4 is 11.8 Å². The lowest BCUT2D eigenvalue weighted by Gasteiger charge is -2.28. The second kappa shape index (κ2) is 11.9. The second-order valence-corrected chi connectivity index (χ2v) is 8.98. The molecule has 1 N–H and O–H groups in total. The van der Waals surface area contributed by atoms with Crippen LogP contribution in [0.25, 0.3) is 0 Å². The number of likely N-dealkylation sites (tertiary alicyclic amines) is 1. The van der Waals surface area contributed by atoms with E-state index in [1.807, 2.05) is 30.3 Å². The number of amides is 2. The van der Waals surface area contributed by atoms with E-state index in [1.54, 1.807) is 24.1 Å². The number of rotatable bonds is 12. The van der Waals surface area contributed by atoms with Crippen molar-refractivity contribution in [3.05, 3.63) is 60.2 Å². The molecule has 1 aliphatic carbocycles. The third-order valence-electron chi connectivity index (χ3n) is 6.57. The molecule has 1 atom stereocenters. The highest BCUT2D eigenvalue weighted by Gasteiger charge is 2.33. The summed E-state index contributed by atoms with van der Waals surface area (Å²) in [5.74, 6) is 1.02. The molecule has 1 saturated heterocycles. The number of carbonyl (C=O) groups is 2. The van der Waals surface area contributed by atoms with E-state index in [0.29, 0.717) is 31.0 Å². The Morgan fingerprint density at radius 2 is 1.71 bits per heavy atom. The monoisotopic (exact) mass is 465 g/mol. The molecule has 0 spiro atoms. The number of carbonyl (C=O) groups excluding carboxylic acids is 2. The molecule has 1 unspecified atom stereocenters. The third kappa shape index (κ3) is 6.50. The molecule has 0 radical (unpaired) electrons. The molecule has 1 saturated carbocycles. The number of methoxy groups -OCH3 is 1. The van der Waals surface area contributed by atoms with Gasteiger partial charge in [-0.15, -0.1) is 0 Å². The number of ether oxygens (including phenoxy) is 2. The zero-order valence-corrected chi connectivity index (χ0v) is 19.9. The van der Waals surface area contributed by atoms with Gasteiger partial charge in [0, 0.05) is 25.6 Å². The number of hydrogen-bond donors (Lipinski definition) is 1. The Hall–Kier alpha value is -3.06. The van der Waals surface area contributed by atoms with Gasteiger partial charge in [0.05, 0.1) is 13.2 Å².